The Morgan fingerprint density at radius 3 is 2.77 bits per heavy atom. The number of nitrogens with zero attached hydrogens (tertiary/aromatic N) is 3. The number of rotatable bonds is 4. The molecule has 1 heterocycles. The van der Waals surface area contributed by atoms with Crippen LogP contribution >= 0.6 is 0 Å². The molecule has 74 valence electrons. The molecule has 13 heavy (non-hydrogen) atoms. The van der Waals surface area contributed by atoms with Crippen molar-refractivity contribution < 1.29 is 0 Å². The van der Waals surface area contributed by atoms with Crippen LogP contribution in [0.25, 0.3) is 0 Å². The van der Waals surface area contributed by atoms with Crippen LogP contribution in [-0.2, 0) is 7.05 Å². The Kier molecular flexibility index (Phi) is 3.25. The van der Waals surface area contributed by atoms with Gasteiger partial charge in [0.15, 0.2) is 5.82 Å². The SMILES string of the molecule is CCNCC(C)c1nc(N)n(C)n1. The molecule has 1 atom stereocenters. The van der Waals surface area contributed by atoms with Gasteiger partial charge in [-0.25, -0.2) is 4.68 Å². The molecule has 0 aliphatic carbocycles. The topological polar surface area (TPSA) is 68.8 Å². The van der Waals surface area contributed by atoms with Gasteiger partial charge in [0.1, 0.15) is 0 Å². The van der Waals surface area contributed by atoms with Gasteiger partial charge in [-0.15, -0.1) is 0 Å². The summed E-state index contributed by atoms with van der Waals surface area (Å²) in [6.45, 7) is 6.01. The van der Waals surface area contributed by atoms with Gasteiger partial charge in [0.25, 0.3) is 0 Å². The first-order valence-corrected chi connectivity index (χ1v) is 4.52. The summed E-state index contributed by atoms with van der Waals surface area (Å²) in [6, 6.07) is 0. The predicted octanol–water partition coefficient (Wildman–Crippen LogP) is 0.110. The molecule has 1 unspecified atom stereocenters. The average molecular weight is 183 g/mol. The lowest BCUT2D eigenvalue weighted by atomic mass is 10.2. The number of nitrogen functional groups attached to an aromatic ring is 1. The van der Waals surface area contributed by atoms with E-state index in [-0.39, 0.29) is 0 Å². The Hall–Kier alpha value is -1.10. The van der Waals surface area contributed by atoms with Crippen LogP contribution in [0.5, 0.6) is 0 Å². The van der Waals surface area contributed by atoms with Crippen LogP contribution < -0.4 is 11.1 Å². The van der Waals surface area contributed by atoms with E-state index in [2.05, 4.69) is 29.2 Å². The van der Waals surface area contributed by atoms with Crippen molar-refractivity contribution in [1.29, 1.82) is 0 Å². The van der Waals surface area contributed by atoms with Gasteiger partial charge in [0.05, 0.1) is 0 Å². The highest BCUT2D eigenvalue weighted by Crippen LogP contribution is 2.10. The fourth-order valence-corrected chi connectivity index (χ4v) is 1.08. The molecule has 5 heteroatoms. The lowest BCUT2D eigenvalue weighted by Crippen LogP contribution is -2.20. The van der Waals surface area contributed by atoms with Crippen LogP contribution in [0.2, 0.25) is 0 Å². The Morgan fingerprint density at radius 1 is 1.62 bits per heavy atom. The van der Waals surface area contributed by atoms with E-state index in [0.717, 1.165) is 18.9 Å². The standard InChI is InChI=1S/C8H17N5/c1-4-10-5-6(2)7-11-8(9)13(3)12-7/h6,10H,4-5H2,1-3H3,(H2,9,11,12). The van der Waals surface area contributed by atoms with Crippen molar-refractivity contribution in [2.45, 2.75) is 19.8 Å². The highest BCUT2D eigenvalue weighted by molar-refractivity contribution is 5.16. The number of nitrogens with two attached hydrogens (primary N) is 1. The number of hydrogen-bond donors (Lipinski definition) is 2. The van der Waals surface area contributed by atoms with E-state index >= 15 is 0 Å². The van der Waals surface area contributed by atoms with Crippen LogP contribution in [-0.4, -0.2) is 27.9 Å². The molecule has 3 N–H and O–H groups in total. The minimum absolute atomic E-state index is 0.309. The third kappa shape index (κ3) is 2.42. The Balaban J connectivity index is 2.60. The van der Waals surface area contributed by atoms with E-state index in [0.29, 0.717) is 11.9 Å². The maximum Gasteiger partial charge on any atom is 0.218 e. The Bertz CT molecular complexity index is 248. The third-order valence-corrected chi connectivity index (χ3v) is 1.95. The van der Waals surface area contributed by atoms with Crippen molar-refractivity contribution in [2.24, 2.45) is 7.05 Å². The van der Waals surface area contributed by atoms with Gasteiger partial charge in [-0.2, -0.15) is 10.1 Å². The third-order valence-electron chi connectivity index (χ3n) is 1.95. The number of nitrogens with one attached hydrogen (secondary N) is 1. The Labute approximate surface area is 78.3 Å². The smallest absolute Gasteiger partial charge is 0.218 e. The highest BCUT2D eigenvalue weighted by Gasteiger charge is 2.11. The maximum absolute atomic E-state index is 5.58. The van der Waals surface area contributed by atoms with Crippen molar-refractivity contribution in [3.63, 3.8) is 0 Å². The van der Waals surface area contributed by atoms with E-state index in [4.69, 9.17) is 5.73 Å². The number of hydrogen-bond acceptors (Lipinski definition) is 4. The van der Waals surface area contributed by atoms with Gasteiger partial charge < -0.3 is 11.1 Å². The normalized spacial score (nSPS) is 13.2. The number of aryl methyl sites for hydroxylation is 1. The monoisotopic (exact) mass is 183 g/mol. The zero-order chi connectivity index (χ0) is 9.84. The van der Waals surface area contributed by atoms with Crippen LogP contribution in [0.15, 0.2) is 0 Å². The van der Waals surface area contributed by atoms with Gasteiger partial charge in [0.2, 0.25) is 5.95 Å². The molecular formula is C8H17N5. The van der Waals surface area contributed by atoms with Crippen molar-refractivity contribution >= 4 is 5.95 Å². The molecule has 0 saturated heterocycles. The lowest BCUT2D eigenvalue weighted by Gasteiger charge is -2.06. The summed E-state index contributed by atoms with van der Waals surface area (Å²) in [7, 11) is 1.80. The van der Waals surface area contributed by atoms with Gasteiger partial charge in [-0.05, 0) is 6.54 Å². The molecule has 5 nitrogen and oxygen atoms in total. The van der Waals surface area contributed by atoms with Crippen LogP contribution in [0.3, 0.4) is 0 Å². The number of likely N-dealkylation sites (N-methyl/N-ethyl adjacent to an activating group) is 1. The summed E-state index contributed by atoms with van der Waals surface area (Å²) in [5.41, 5.74) is 5.58. The van der Waals surface area contributed by atoms with Crippen molar-refractivity contribution in [3.05, 3.63) is 5.82 Å². The zero-order valence-electron chi connectivity index (χ0n) is 8.41. The first kappa shape index (κ1) is 9.98. The molecule has 1 aromatic rings. The van der Waals surface area contributed by atoms with Gasteiger partial charge in [-0.3, -0.25) is 0 Å². The van der Waals surface area contributed by atoms with E-state index in [1.54, 1.807) is 11.7 Å². The number of anilines is 1. The molecule has 0 aliphatic rings. The fraction of sp³-hybridized carbons (Fsp3) is 0.750. The minimum atomic E-state index is 0.309. The molecular weight excluding hydrogens is 166 g/mol. The van der Waals surface area contributed by atoms with Crippen molar-refractivity contribution in [3.8, 4) is 0 Å². The fourth-order valence-electron chi connectivity index (χ4n) is 1.08. The molecule has 0 bridgehead atoms. The first-order valence-electron chi connectivity index (χ1n) is 4.52. The molecule has 0 aromatic carbocycles. The molecule has 0 aliphatic heterocycles. The van der Waals surface area contributed by atoms with E-state index in [1.165, 1.54) is 0 Å². The largest absolute Gasteiger partial charge is 0.368 e. The van der Waals surface area contributed by atoms with E-state index < -0.39 is 0 Å². The summed E-state index contributed by atoms with van der Waals surface area (Å²) in [6.07, 6.45) is 0. The first-order chi connectivity index (χ1) is 6.15. The highest BCUT2D eigenvalue weighted by atomic mass is 15.4. The summed E-state index contributed by atoms with van der Waals surface area (Å²) < 4.78 is 1.60. The molecule has 0 fully saturated rings. The van der Waals surface area contributed by atoms with Crippen LogP contribution in [0.1, 0.15) is 25.6 Å². The average Bonchev–Trinajstić information content (AvgIpc) is 2.43. The minimum Gasteiger partial charge on any atom is -0.368 e. The quantitative estimate of drug-likeness (QED) is 0.695. The Morgan fingerprint density at radius 2 is 2.31 bits per heavy atom. The number of aromatic nitrogens is 3. The van der Waals surface area contributed by atoms with Crippen molar-refractivity contribution in [2.75, 3.05) is 18.8 Å². The summed E-state index contributed by atoms with van der Waals surface area (Å²) >= 11 is 0. The van der Waals surface area contributed by atoms with Crippen LogP contribution in [0.4, 0.5) is 5.95 Å². The summed E-state index contributed by atoms with van der Waals surface area (Å²) in [4.78, 5) is 4.15. The summed E-state index contributed by atoms with van der Waals surface area (Å²) in [5, 5.41) is 7.45. The molecule has 0 saturated carbocycles. The predicted molar refractivity (Wildman–Crippen MR) is 52.4 cm³/mol. The van der Waals surface area contributed by atoms with Crippen molar-refractivity contribution in [1.82, 2.24) is 20.1 Å². The molecule has 0 amide bonds. The maximum atomic E-state index is 5.58. The molecule has 0 radical (unpaired) electrons. The summed E-state index contributed by atoms with van der Waals surface area (Å²) in [5.74, 6) is 1.59. The van der Waals surface area contributed by atoms with Gasteiger partial charge in [0, 0.05) is 19.5 Å². The molecule has 0 spiro atoms. The second-order valence-corrected chi connectivity index (χ2v) is 3.16. The lowest BCUT2D eigenvalue weighted by molar-refractivity contribution is 0.601. The van der Waals surface area contributed by atoms with Gasteiger partial charge >= 0.3 is 0 Å². The molecule has 1 aromatic heterocycles. The second-order valence-electron chi connectivity index (χ2n) is 3.16. The second kappa shape index (κ2) is 4.23. The molecule has 1 rings (SSSR count). The van der Waals surface area contributed by atoms with Crippen LogP contribution in [0, 0.1) is 0 Å². The van der Waals surface area contributed by atoms with E-state index in [1.807, 2.05) is 0 Å². The van der Waals surface area contributed by atoms with Gasteiger partial charge in [-0.1, -0.05) is 13.8 Å². The van der Waals surface area contributed by atoms with E-state index in [9.17, 15) is 0 Å². The zero-order valence-corrected chi connectivity index (χ0v) is 8.41.